The summed E-state index contributed by atoms with van der Waals surface area (Å²) in [6.45, 7) is 2.30. The first-order chi connectivity index (χ1) is 11.7. The standard InChI is InChI=1S/C11H6ClNOS.C6H12N3.U/c12-7-3-1-6(2-4-7)8-5-15-11-9(8)10(14)13-11;1-7-8-6-9-4-2-3-5-9;/h1-5H,(H,13,14);6H,2-5H2,1H3;/q;-1;+2/p-1/b;8-6+;. The van der Waals surface area contributed by atoms with Crippen LogP contribution in [0.3, 0.4) is 0 Å². The second-order valence-corrected chi connectivity index (χ2v) is 6.72. The Kier molecular flexibility index (Phi) is 7.83. The molecule has 2 aliphatic rings. The van der Waals surface area contributed by atoms with Crippen LogP contribution in [0, 0.1) is 31.1 Å². The van der Waals surface area contributed by atoms with Gasteiger partial charge in [-0.25, -0.2) is 0 Å². The van der Waals surface area contributed by atoms with Gasteiger partial charge < -0.3 is 25.5 Å². The molecule has 1 aromatic carbocycles. The molecular formula is C17H17ClN4OSU. The third-order valence-corrected chi connectivity index (χ3v) is 4.94. The summed E-state index contributed by atoms with van der Waals surface area (Å²) < 4.78 is 0. The Morgan fingerprint density at radius 2 is 1.96 bits per heavy atom. The monoisotopic (exact) mass is 598 g/mol. The van der Waals surface area contributed by atoms with Crippen molar-refractivity contribution in [2.24, 2.45) is 5.10 Å². The summed E-state index contributed by atoms with van der Waals surface area (Å²) in [6, 6.07) is 7.47. The number of halogens is 1. The van der Waals surface area contributed by atoms with E-state index in [9.17, 15) is 4.79 Å². The number of likely N-dealkylation sites (tertiary alicyclic amines) is 1. The van der Waals surface area contributed by atoms with Crippen molar-refractivity contribution in [3.63, 3.8) is 0 Å². The minimum atomic E-state index is -0.115. The fraction of sp³-hybridized carbons (Fsp3) is 0.294. The number of rotatable bonds is 3. The van der Waals surface area contributed by atoms with Crippen molar-refractivity contribution in [3.05, 3.63) is 51.0 Å². The van der Waals surface area contributed by atoms with Gasteiger partial charge in [0.25, 0.3) is 0 Å². The molecule has 1 amide bonds. The minimum Gasteiger partial charge on any atom is -0.614 e. The number of carbonyl (C=O) groups is 1. The van der Waals surface area contributed by atoms with Gasteiger partial charge in [0.1, 0.15) is 0 Å². The number of hydrogen-bond donors (Lipinski definition) is 0. The van der Waals surface area contributed by atoms with E-state index in [-0.39, 0.29) is 37.0 Å². The Bertz CT molecular complexity index is 742. The summed E-state index contributed by atoms with van der Waals surface area (Å²) in [4.78, 5) is 13.4. The van der Waals surface area contributed by atoms with Crippen LogP contribution >= 0.6 is 22.9 Å². The Morgan fingerprint density at radius 1 is 1.28 bits per heavy atom. The van der Waals surface area contributed by atoms with E-state index < -0.39 is 0 Å². The third kappa shape index (κ3) is 5.01. The van der Waals surface area contributed by atoms with Gasteiger partial charge in [0.15, 0.2) is 0 Å². The van der Waals surface area contributed by atoms with Crippen LogP contribution in [0.15, 0.2) is 34.7 Å². The van der Waals surface area contributed by atoms with Gasteiger partial charge >= 0.3 is 31.1 Å². The molecule has 0 atom stereocenters. The molecule has 2 aromatic rings. The van der Waals surface area contributed by atoms with Gasteiger partial charge in [-0.2, -0.15) is 11.3 Å². The van der Waals surface area contributed by atoms with E-state index in [2.05, 4.69) is 20.7 Å². The van der Waals surface area contributed by atoms with Gasteiger partial charge in [-0.3, -0.25) is 0 Å². The number of nitrogens with zero attached hydrogens (tertiary/aromatic N) is 4. The average molecular weight is 599 g/mol. The van der Waals surface area contributed by atoms with E-state index >= 15 is 0 Å². The maximum Gasteiger partial charge on any atom is 2.00 e. The molecule has 3 heterocycles. The summed E-state index contributed by atoms with van der Waals surface area (Å²) in [5, 5.41) is 11.1. The van der Waals surface area contributed by atoms with Crippen molar-refractivity contribution in [1.29, 1.82) is 0 Å². The van der Waals surface area contributed by atoms with Crippen molar-refractivity contribution in [2.45, 2.75) is 12.8 Å². The molecule has 0 bridgehead atoms. The first kappa shape index (κ1) is 20.3. The van der Waals surface area contributed by atoms with Gasteiger partial charge in [-0.1, -0.05) is 28.7 Å². The first-order valence-corrected chi connectivity index (χ1v) is 8.94. The predicted molar refractivity (Wildman–Crippen MR) is 101 cm³/mol. The van der Waals surface area contributed by atoms with Crippen LogP contribution in [0.2, 0.25) is 5.02 Å². The molecule has 128 valence electrons. The van der Waals surface area contributed by atoms with Crippen LogP contribution < -0.4 is 0 Å². The fourth-order valence-corrected chi connectivity index (χ4v) is 3.62. The molecule has 8 heteroatoms. The maximum atomic E-state index is 11.3. The largest absolute Gasteiger partial charge is 2.00 e. The van der Waals surface area contributed by atoms with Crippen molar-refractivity contribution in [2.75, 3.05) is 20.1 Å². The minimum absolute atomic E-state index is 0. The van der Waals surface area contributed by atoms with E-state index in [0.717, 1.165) is 34.8 Å². The summed E-state index contributed by atoms with van der Waals surface area (Å²) in [5.74, 6) is -0.115. The van der Waals surface area contributed by atoms with Crippen molar-refractivity contribution >= 4 is 40.2 Å². The Labute approximate surface area is 180 Å². The summed E-state index contributed by atoms with van der Waals surface area (Å²) in [5.41, 5.74) is 6.36. The van der Waals surface area contributed by atoms with Gasteiger partial charge in [0, 0.05) is 29.2 Å². The smallest absolute Gasteiger partial charge is 0.614 e. The number of hydrogen-bond acceptors (Lipinski definition) is 3. The second kappa shape index (κ2) is 9.63. The van der Waals surface area contributed by atoms with Crippen LogP contribution in [-0.2, 0) is 0 Å². The molecule has 0 N–H and O–H groups in total. The number of thiophene rings is 1. The van der Waals surface area contributed by atoms with Crippen LogP contribution in [0.25, 0.3) is 21.9 Å². The zero-order valence-corrected chi connectivity index (χ0v) is 19.5. The normalized spacial score (nSPS) is 14.8. The van der Waals surface area contributed by atoms with Crippen molar-refractivity contribution in [3.8, 4) is 11.1 Å². The quantitative estimate of drug-likeness (QED) is 0.275. The molecule has 4 rings (SSSR count). The van der Waals surface area contributed by atoms with E-state index in [4.69, 9.17) is 11.6 Å². The second-order valence-electron chi connectivity index (χ2n) is 5.43. The molecule has 1 fully saturated rings. The van der Waals surface area contributed by atoms with E-state index in [0.29, 0.717) is 5.02 Å². The Morgan fingerprint density at radius 3 is 2.56 bits per heavy atom. The van der Waals surface area contributed by atoms with Crippen LogP contribution in [-0.4, -0.2) is 37.3 Å². The molecule has 0 saturated carbocycles. The van der Waals surface area contributed by atoms with Crippen LogP contribution in [0.5, 0.6) is 0 Å². The molecule has 0 radical (unpaired) electrons. The predicted octanol–water partition coefficient (Wildman–Crippen LogP) is 5.26. The third-order valence-electron chi connectivity index (χ3n) is 3.81. The fourth-order valence-electron chi connectivity index (χ4n) is 2.56. The Balaban J connectivity index is 0.000000196. The van der Waals surface area contributed by atoms with E-state index in [1.807, 2.05) is 36.0 Å². The maximum absolute atomic E-state index is 11.3. The molecule has 0 aliphatic carbocycles. The molecule has 0 unspecified atom stereocenters. The summed E-state index contributed by atoms with van der Waals surface area (Å²) >= 11 is 7.30. The number of amides is 1. The van der Waals surface area contributed by atoms with Crippen molar-refractivity contribution < 1.29 is 35.9 Å². The molecule has 5 nitrogen and oxygen atoms in total. The van der Waals surface area contributed by atoms with Gasteiger partial charge in [-0.15, -0.1) is 7.05 Å². The zero-order chi connectivity index (χ0) is 16.9. The SMILES string of the molecule is C[N-]/N=C/N1CCCC1.O=C1[N-]c2scc(-c3ccc(Cl)cc3)c21.[U+2]. The number of fused-ring (bicyclic) bond motifs is 1. The Hall–Kier alpha value is -0.998. The van der Waals surface area contributed by atoms with Gasteiger partial charge in [-0.05, 0) is 35.9 Å². The molecule has 1 aromatic heterocycles. The van der Waals surface area contributed by atoms with Gasteiger partial charge in [0.2, 0.25) is 0 Å². The summed E-state index contributed by atoms with van der Waals surface area (Å²) in [6.07, 6.45) is 4.42. The van der Waals surface area contributed by atoms with Crippen LogP contribution in [0.1, 0.15) is 23.2 Å². The molecule has 0 spiro atoms. The van der Waals surface area contributed by atoms with E-state index in [1.54, 1.807) is 7.05 Å². The average Bonchev–Trinajstić information content (AvgIpc) is 3.21. The topological polar surface area (TPSA) is 60.9 Å². The molecular weight excluding hydrogens is 582 g/mol. The molecule has 25 heavy (non-hydrogen) atoms. The van der Waals surface area contributed by atoms with Crippen molar-refractivity contribution in [1.82, 2.24) is 4.90 Å². The zero-order valence-electron chi connectivity index (χ0n) is 13.8. The van der Waals surface area contributed by atoms with Gasteiger partial charge in [0.05, 0.1) is 12.2 Å². The molecule has 1 saturated heterocycles. The van der Waals surface area contributed by atoms with E-state index in [1.165, 1.54) is 24.2 Å². The molecule has 2 aliphatic heterocycles. The number of carbonyl (C=O) groups excluding carboxylic acids is 1. The summed E-state index contributed by atoms with van der Waals surface area (Å²) in [7, 11) is 1.69. The van der Waals surface area contributed by atoms with Crippen LogP contribution in [0.4, 0.5) is 5.00 Å². The first-order valence-electron chi connectivity index (χ1n) is 7.69. The number of benzene rings is 1.